The van der Waals surface area contributed by atoms with Crippen molar-refractivity contribution in [3.63, 3.8) is 0 Å². The van der Waals surface area contributed by atoms with Crippen molar-refractivity contribution in [2.45, 2.75) is 14.4 Å². The van der Waals surface area contributed by atoms with E-state index in [0.717, 1.165) is 26.2 Å². The van der Waals surface area contributed by atoms with Crippen molar-refractivity contribution >= 4 is 16.9 Å². The first-order valence-corrected chi connectivity index (χ1v) is 9.89. The molecule has 2 N–H and O–H groups in total. The fourth-order valence-electron chi connectivity index (χ4n) is 2.28. The van der Waals surface area contributed by atoms with Crippen molar-refractivity contribution in [2.24, 2.45) is 0 Å². The maximum atomic E-state index is 10.9. The molecule has 0 bridgehead atoms. The summed E-state index contributed by atoms with van der Waals surface area (Å²) in [6.45, 7) is 19.7. The van der Waals surface area contributed by atoms with Gasteiger partial charge in [0.05, 0.1) is 13.7 Å². The van der Waals surface area contributed by atoms with Crippen LogP contribution in [0.4, 0.5) is 0 Å². The van der Waals surface area contributed by atoms with Crippen LogP contribution in [-0.2, 0) is 20.1 Å². The van der Waals surface area contributed by atoms with Crippen molar-refractivity contribution in [3.8, 4) is 0 Å². The van der Waals surface area contributed by atoms with Crippen molar-refractivity contribution in [1.82, 2.24) is 19.9 Å². The number of Topliss-reactive ketones (excluding diaryl/α,β-unsaturated/α-hetero) is 1. The lowest BCUT2D eigenvalue weighted by Gasteiger charge is -2.29. The van der Waals surface area contributed by atoms with Crippen LogP contribution in [0.15, 0.2) is 26.3 Å². The number of hydrogen-bond acceptors (Lipinski definition) is 9. The predicted octanol–water partition coefficient (Wildman–Crippen LogP) is 1.08. The highest BCUT2D eigenvalue weighted by Gasteiger charge is 2.16. The minimum atomic E-state index is -1.21. The van der Waals surface area contributed by atoms with Gasteiger partial charge in [0, 0.05) is 52.4 Å². The standard InChI is InChI=1S/C7H14N2O2.C6H14N2O3S.2C2H4.CH4/c1-7(10)6-8-2-4-9(11)5-3-8;1-11-12(10)6-7-2-4-8(9)5-3-7;2*1-2;/h11H,2-6H2,1H3;9H,2-6H2,1H3;2*1-2H2;1H4. The van der Waals surface area contributed by atoms with Gasteiger partial charge in [-0.3, -0.25) is 18.8 Å². The molecule has 0 aromatic rings. The van der Waals surface area contributed by atoms with Gasteiger partial charge in [0.15, 0.2) is 11.1 Å². The van der Waals surface area contributed by atoms with E-state index in [1.54, 1.807) is 6.92 Å². The topological polar surface area (TPSA) is 96.8 Å². The molecular weight excluding hydrogens is 384 g/mol. The number of nitrogens with zero attached hydrogens (tertiary/aromatic N) is 4. The molecule has 168 valence electrons. The molecule has 10 heteroatoms. The Labute approximate surface area is 173 Å². The van der Waals surface area contributed by atoms with E-state index in [1.807, 2.05) is 4.90 Å². The summed E-state index contributed by atoms with van der Waals surface area (Å²) in [5.41, 5.74) is 0. The van der Waals surface area contributed by atoms with Gasteiger partial charge in [-0.15, -0.1) is 26.3 Å². The molecule has 1 unspecified atom stereocenters. The lowest BCUT2D eigenvalue weighted by atomic mass is 10.3. The number of rotatable bonds is 5. The van der Waals surface area contributed by atoms with E-state index < -0.39 is 11.1 Å². The van der Waals surface area contributed by atoms with Gasteiger partial charge in [-0.05, 0) is 6.92 Å². The third-order valence-electron chi connectivity index (χ3n) is 3.62. The van der Waals surface area contributed by atoms with Crippen molar-refractivity contribution in [2.75, 3.05) is 71.9 Å². The number of hydrogen-bond donors (Lipinski definition) is 2. The van der Waals surface area contributed by atoms with Crippen LogP contribution in [0.5, 0.6) is 0 Å². The van der Waals surface area contributed by atoms with E-state index in [1.165, 1.54) is 17.2 Å². The van der Waals surface area contributed by atoms with Crippen molar-refractivity contribution in [3.05, 3.63) is 26.3 Å². The minimum absolute atomic E-state index is 0. The van der Waals surface area contributed by atoms with E-state index in [-0.39, 0.29) is 13.2 Å². The first-order valence-electron chi connectivity index (χ1n) is 8.65. The highest BCUT2D eigenvalue weighted by Crippen LogP contribution is 2.00. The molecule has 2 rings (SSSR count). The van der Waals surface area contributed by atoms with Crippen LogP contribution in [0.2, 0.25) is 0 Å². The molecule has 0 saturated carbocycles. The molecule has 2 saturated heterocycles. The van der Waals surface area contributed by atoms with Crippen LogP contribution in [0, 0.1) is 0 Å². The highest BCUT2D eigenvalue weighted by atomic mass is 32.2. The van der Waals surface area contributed by atoms with E-state index in [9.17, 15) is 9.00 Å². The molecule has 0 aromatic heterocycles. The summed E-state index contributed by atoms with van der Waals surface area (Å²) in [5, 5.41) is 20.6. The molecule has 0 aliphatic carbocycles. The third-order valence-corrected chi connectivity index (χ3v) is 4.57. The van der Waals surface area contributed by atoms with Crippen LogP contribution in [0.3, 0.4) is 0 Å². The normalized spacial score (nSPS) is 19.3. The zero-order valence-electron chi connectivity index (χ0n) is 16.7. The Morgan fingerprint density at radius 1 is 0.893 bits per heavy atom. The number of piperazine rings is 2. The molecule has 0 aromatic carbocycles. The number of carbonyl (C=O) groups excluding carboxylic acids is 1. The molecule has 2 fully saturated rings. The van der Waals surface area contributed by atoms with Gasteiger partial charge >= 0.3 is 0 Å². The average Bonchev–Trinajstić information content (AvgIpc) is 2.69. The Morgan fingerprint density at radius 2 is 1.25 bits per heavy atom. The van der Waals surface area contributed by atoms with E-state index in [2.05, 4.69) is 35.4 Å². The second-order valence-electron chi connectivity index (χ2n) is 5.60. The lowest BCUT2D eigenvalue weighted by molar-refractivity contribution is -0.128. The summed E-state index contributed by atoms with van der Waals surface area (Å²) < 4.78 is 15.6. The van der Waals surface area contributed by atoms with Gasteiger partial charge in [-0.1, -0.05) is 7.43 Å². The van der Waals surface area contributed by atoms with Crippen LogP contribution >= 0.6 is 0 Å². The van der Waals surface area contributed by atoms with E-state index in [4.69, 9.17) is 10.4 Å². The second kappa shape index (κ2) is 20.7. The Bertz CT molecular complexity index is 399. The Morgan fingerprint density at radius 3 is 1.57 bits per heavy atom. The summed E-state index contributed by atoms with van der Waals surface area (Å²) in [6.07, 6.45) is 0. The van der Waals surface area contributed by atoms with E-state index in [0.29, 0.717) is 38.6 Å². The Hall–Kier alpha value is -0.980. The summed E-state index contributed by atoms with van der Waals surface area (Å²) in [7, 11) is 1.43. The van der Waals surface area contributed by atoms with Crippen LogP contribution < -0.4 is 0 Å². The van der Waals surface area contributed by atoms with Gasteiger partial charge < -0.3 is 10.4 Å². The molecule has 1 atom stereocenters. The number of ketones is 1. The molecule has 9 nitrogen and oxygen atoms in total. The van der Waals surface area contributed by atoms with Crippen LogP contribution in [-0.4, -0.2) is 112 Å². The van der Waals surface area contributed by atoms with Crippen LogP contribution in [0.25, 0.3) is 0 Å². The second-order valence-corrected chi connectivity index (χ2v) is 6.80. The molecule has 2 aliphatic heterocycles. The van der Waals surface area contributed by atoms with Gasteiger partial charge in [0.1, 0.15) is 11.7 Å². The summed E-state index contributed by atoms with van der Waals surface area (Å²) >= 11 is -1.21. The van der Waals surface area contributed by atoms with Gasteiger partial charge in [-0.25, -0.2) is 4.21 Å². The quantitative estimate of drug-likeness (QED) is 0.628. The minimum Gasteiger partial charge on any atom is -0.314 e. The largest absolute Gasteiger partial charge is 0.314 e. The van der Waals surface area contributed by atoms with Crippen molar-refractivity contribution in [1.29, 1.82) is 0 Å². The Kier molecular flexibility index (Phi) is 23.5. The predicted molar refractivity (Wildman–Crippen MR) is 115 cm³/mol. The average molecular weight is 425 g/mol. The van der Waals surface area contributed by atoms with Crippen LogP contribution in [0.1, 0.15) is 14.4 Å². The first kappa shape index (κ1) is 31.7. The highest BCUT2D eigenvalue weighted by molar-refractivity contribution is 7.80. The van der Waals surface area contributed by atoms with Gasteiger partial charge in [-0.2, -0.15) is 10.1 Å². The monoisotopic (exact) mass is 424 g/mol. The maximum absolute atomic E-state index is 10.9. The van der Waals surface area contributed by atoms with Gasteiger partial charge in [0.25, 0.3) is 0 Å². The molecule has 0 amide bonds. The number of hydroxylamine groups is 4. The zero-order chi connectivity index (χ0) is 21.2. The molecule has 2 heterocycles. The summed E-state index contributed by atoms with van der Waals surface area (Å²) in [6, 6.07) is 0. The smallest absolute Gasteiger partial charge is 0.169 e. The molecule has 0 radical (unpaired) electrons. The fraction of sp³-hybridized carbons (Fsp3) is 0.722. The van der Waals surface area contributed by atoms with Crippen molar-refractivity contribution < 1.29 is 23.6 Å². The summed E-state index contributed by atoms with van der Waals surface area (Å²) in [5.74, 6) is 0.626. The molecule has 2 aliphatic rings. The maximum Gasteiger partial charge on any atom is 0.169 e. The first-order chi connectivity index (χ1) is 12.9. The molecular formula is C18H40N4O5S. The zero-order valence-corrected chi connectivity index (χ0v) is 17.5. The summed E-state index contributed by atoms with van der Waals surface area (Å²) in [4.78, 5) is 14.7. The molecule has 0 spiro atoms. The molecule has 28 heavy (non-hydrogen) atoms. The van der Waals surface area contributed by atoms with Gasteiger partial charge in [0.2, 0.25) is 0 Å². The Balaban J connectivity index is -0.000000368. The lowest BCUT2D eigenvalue weighted by Crippen LogP contribution is -2.46. The fourth-order valence-corrected chi connectivity index (χ4v) is 2.94. The van der Waals surface area contributed by atoms with E-state index >= 15 is 0 Å². The number of carbonyl (C=O) groups is 1. The SMILES string of the molecule is C.C=C.C=C.CC(=O)CN1CCN(O)CC1.COS(=O)CN1CCN(O)CC1. The third kappa shape index (κ3) is 17.1.